The Hall–Kier alpha value is -1.61. The van der Waals surface area contributed by atoms with E-state index in [0.717, 1.165) is 0 Å². The highest BCUT2D eigenvalue weighted by molar-refractivity contribution is 7.99. The van der Waals surface area contributed by atoms with Crippen LogP contribution in [0.25, 0.3) is 0 Å². The van der Waals surface area contributed by atoms with Gasteiger partial charge in [-0.05, 0) is 35.4 Å². The Bertz CT molecular complexity index is 758. The monoisotopic (exact) mass is 342 g/mol. The topological polar surface area (TPSA) is 98.0 Å². The minimum Gasteiger partial charge on any atom is -0.506 e. The number of phenols is 1. The number of tetrazole rings is 1. The fourth-order valence-electron chi connectivity index (χ4n) is 1.87. The number of thioether (sulfide) groups is 1. The van der Waals surface area contributed by atoms with Crippen LogP contribution in [0.3, 0.4) is 0 Å². The maximum absolute atomic E-state index is 12.4. The number of aryl methyl sites for hydroxylation is 2. The molecule has 0 aliphatic carbocycles. The fraction of sp³-hybridized carbons (Fsp3) is 0.462. The highest BCUT2D eigenvalue weighted by Gasteiger charge is 2.21. The molecular weight excluding hydrogens is 324 g/mol. The Labute approximate surface area is 133 Å². The molecule has 1 heterocycles. The van der Waals surface area contributed by atoms with E-state index < -0.39 is 9.84 Å². The van der Waals surface area contributed by atoms with Gasteiger partial charge in [-0.15, -0.1) is 5.10 Å². The summed E-state index contributed by atoms with van der Waals surface area (Å²) >= 11 is 1.42. The SMILES string of the molecule is Cc1cccc(S(=O)(=O)CCC(C)Sc2nnnn2C)c1O. The molecule has 1 aromatic heterocycles. The highest BCUT2D eigenvalue weighted by Crippen LogP contribution is 2.29. The molecule has 0 saturated heterocycles. The van der Waals surface area contributed by atoms with Gasteiger partial charge >= 0.3 is 0 Å². The number of hydrogen-bond acceptors (Lipinski definition) is 7. The van der Waals surface area contributed by atoms with Crippen LogP contribution in [0.4, 0.5) is 0 Å². The number of benzene rings is 1. The van der Waals surface area contributed by atoms with E-state index in [1.165, 1.54) is 17.8 Å². The first-order valence-corrected chi connectivity index (χ1v) is 9.25. The number of rotatable bonds is 6. The van der Waals surface area contributed by atoms with Gasteiger partial charge in [0.25, 0.3) is 0 Å². The quantitative estimate of drug-likeness (QED) is 0.796. The molecule has 0 fully saturated rings. The van der Waals surface area contributed by atoms with E-state index in [0.29, 0.717) is 17.1 Å². The van der Waals surface area contributed by atoms with Crippen LogP contribution in [0.1, 0.15) is 18.9 Å². The first-order valence-electron chi connectivity index (χ1n) is 6.71. The molecular formula is C13H18N4O3S2. The fourth-order valence-corrected chi connectivity index (χ4v) is 4.52. The largest absolute Gasteiger partial charge is 0.506 e. The van der Waals surface area contributed by atoms with Gasteiger partial charge in [0.05, 0.1) is 5.75 Å². The van der Waals surface area contributed by atoms with E-state index in [1.807, 2.05) is 6.92 Å². The Morgan fingerprint density at radius 3 is 2.77 bits per heavy atom. The number of para-hydroxylation sites is 1. The van der Waals surface area contributed by atoms with Crippen molar-refractivity contribution in [2.45, 2.75) is 35.6 Å². The van der Waals surface area contributed by atoms with Crippen LogP contribution >= 0.6 is 11.8 Å². The van der Waals surface area contributed by atoms with Crippen molar-refractivity contribution in [3.05, 3.63) is 23.8 Å². The average molecular weight is 342 g/mol. The molecule has 1 atom stereocenters. The summed E-state index contributed by atoms with van der Waals surface area (Å²) in [6.07, 6.45) is 0.438. The van der Waals surface area contributed by atoms with Crippen LogP contribution in [-0.4, -0.2) is 44.7 Å². The Balaban J connectivity index is 2.03. The van der Waals surface area contributed by atoms with E-state index >= 15 is 0 Å². The molecule has 1 unspecified atom stereocenters. The zero-order valence-electron chi connectivity index (χ0n) is 12.6. The van der Waals surface area contributed by atoms with Gasteiger partial charge in [-0.3, -0.25) is 0 Å². The average Bonchev–Trinajstić information content (AvgIpc) is 2.85. The third kappa shape index (κ3) is 3.77. The minimum absolute atomic E-state index is 0.00924. The molecule has 1 N–H and O–H groups in total. The summed E-state index contributed by atoms with van der Waals surface area (Å²) in [5.41, 5.74) is 0.550. The molecule has 22 heavy (non-hydrogen) atoms. The molecule has 120 valence electrons. The first-order chi connectivity index (χ1) is 10.3. The maximum atomic E-state index is 12.4. The molecule has 7 nitrogen and oxygen atoms in total. The predicted octanol–water partition coefficient (Wildman–Crippen LogP) is 1.57. The van der Waals surface area contributed by atoms with E-state index in [1.54, 1.807) is 30.8 Å². The van der Waals surface area contributed by atoms with Gasteiger partial charge in [-0.1, -0.05) is 30.8 Å². The van der Waals surface area contributed by atoms with Crippen molar-refractivity contribution in [1.82, 2.24) is 20.2 Å². The molecule has 2 rings (SSSR count). The Morgan fingerprint density at radius 2 is 2.14 bits per heavy atom. The molecule has 0 bridgehead atoms. The van der Waals surface area contributed by atoms with E-state index in [4.69, 9.17) is 0 Å². The van der Waals surface area contributed by atoms with Crippen molar-refractivity contribution < 1.29 is 13.5 Å². The van der Waals surface area contributed by atoms with Crippen molar-refractivity contribution in [2.75, 3.05) is 5.75 Å². The smallest absolute Gasteiger partial charge is 0.209 e. The van der Waals surface area contributed by atoms with Gasteiger partial charge in [-0.2, -0.15) is 0 Å². The highest BCUT2D eigenvalue weighted by atomic mass is 32.2. The van der Waals surface area contributed by atoms with E-state index in [-0.39, 0.29) is 21.6 Å². The Kier molecular flexibility index (Phi) is 5.07. The van der Waals surface area contributed by atoms with Gasteiger partial charge in [-0.25, -0.2) is 13.1 Å². The molecule has 1 aromatic carbocycles. The number of aromatic nitrogens is 4. The lowest BCUT2D eigenvalue weighted by Gasteiger charge is -2.11. The lowest BCUT2D eigenvalue weighted by Crippen LogP contribution is -2.12. The van der Waals surface area contributed by atoms with E-state index in [2.05, 4.69) is 15.5 Å². The summed E-state index contributed by atoms with van der Waals surface area (Å²) in [7, 11) is -1.79. The second kappa shape index (κ2) is 6.66. The number of aromatic hydroxyl groups is 1. The van der Waals surface area contributed by atoms with Crippen LogP contribution < -0.4 is 0 Å². The number of phenolic OH excluding ortho intramolecular Hbond substituents is 1. The van der Waals surface area contributed by atoms with Gasteiger partial charge in [0.1, 0.15) is 10.6 Å². The molecule has 0 aliphatic heterocycles. The van der Waals surface area contributed by atoms with Crippen molar-refractivity contribution in [1.29, 1.82) is 0 Å². The lowest BCUT2D eigenvalue weighted by molar-refractivity contribution is 0.454. The van der Waals surface area contributed by atoms with Gasteiger partial charge in [0, 0.05) is 12.3 Å². The van der Waals surface area contributed by atoms with Crippen molar-refractivity contribution >= 4 is 21.6 Å². The van der Waals surface area contributed by atoms with Crippen molar-refractivity contribution in [3.63, 3.8) is 0 Å². The second-order valence-electron chi connectivity index (χ2n) is 5.04. The zero-order chi connectivity index (χ0) is 16.3. The number of sulfone groups is 1. The standard InChI is InChI=1S/C13H18N4O3S2/c1-9-5-4-6-11(12(9)18)22(19,20)8-7-10(2)21-13-14-15-16-17(13)3/h4-6,10,18H,7-8H2,1-3H3. The van der Waals surface area contributed by atoms with Gasteiger partial charge < -0.3 is 5.11 Å². The van der Waals surface area contributed by atoms with Crippen LogP contribution in [-0.2, 0) is 16.9 Å². The van der Waals surface area contributed by atoms with Gasteiger partial charge in [0.15, 0.2) is 9.84 Å². The summed E-state index contributed by atoms with van der Waals surface area (Å²) < 4.78 is 26.3. The summed E-state index contributed by atoms with van der Waals surface area (Å²) in [5.74, 6) is -0.205. The van der Waals surface area contributed by atoms with Crippen LogP contribution in [0.5, 0.6) is 5.75 Å². The predicted molar refractivity (Wildman–Crippen MR) is 83.6 cm³/mol. The van der Waals surface area contributed by atoms with E-state index in [9.17, 15) is 13.5 Å². The minimum atomic E-state index is -3.52. The molecule has 0 amide bonds. The Morgan fingerprint density at radius 1 is 1.41 bits per heavy atom. The summed E-state index contributed by atoms with van der Waals surface area (Å²) in [6.45, 7) is 3.60. The molecule has 9 heteroatoms. The van der Waals surface area contributed by atoms with Crippen LogP contribution in [0.15, 0.2) is 28.3 Å². The number of hydrogen-bond donors (Lipinski definition) is 1. The third-order valence-corrected chi connectivity index (χ3v) is 6.18. The van der Waals surface area contributed by atoms with Gasteiger partial charge in [0.2, 0.25) is 5.16 Å². The first kappa shape index (κ1) is 16.8. The van der Waals surface area contributed by atoms with Crippen LogP contribution in [0.2, 0.25) is 0 Å². The van der Waals surface area contributed by atoms with Crippen molar-refractivity contribution in [3.8, 4) is 5.75 Å². The third-order valence-electron chi connectivity index (χ3n) is 3.22. The molecule has 0 aliphatic rings. The molecule has 0 saturated carbocycles. The van der Waals surface area contributed by atoms with Crippen molar-refractivity contribution in [2.24, 2.45) is 7.05 Å². The molecule has 2 aromatic rings. The summed E-state index contributed by atoms with van der Waals surface area (Å²) in [5, 5.41) is 21.7. The summed E-state index contributed by atoms with van der Waals surface area (Å²) in [4.78, 5) is -0.00924. The number of nitrogens with zero attached hydrogens (tertiary/aromatic N) is 4. The second-order valence-corrected chi connectivity index (χ2v) is 8.53. The maximum Gasteiger partial charge on any atom is 0.209 e. The lowest BCUT2D eigenvalue weighted by atomic mass is 10.2. The molecule has 0 spiro atoms. The molecule has 0 radical (unpaired) electrons. The normalized spacial score (nSPS) is 13.2. The summed E-state index contributed by atoms with van der Waals surface area (Å²) in [6, 6.07) is 4.74. The zero-order valence-corrected chi connectivity index (χ0v) is 14.2. The van der Waals surface area contributed by atoms with Crippen LogP contribution in [0, 0.1) is 6.92 Å².